The Kier molecular flexibility index (Phi) is 9.12. The maximum absolute atomic E-state index is 10.2. The second-order valence-electron chi connectivity index (χ2n) is 16.2. The molecule has 0 bridgehead atoms. The van der Waals surface area contributed by atoms with E-state index in [1.54, 1.807) is 0 Å². The Bertz CT molecular complexity index is 3790. The van der Waals surface area contributed by atoms with Gasteiger partial charge in [0.1, 0.15) is 11.2 Å². The fraction of sp³-hybridized carbons (Fsp3) is 0. The largest absolute Gasteiger partial charge is 0.456 e. The molecule has 0 unspecified atom stereocenters. The van der Waals surface area contributed by atoms with Gasteiger partial charge in [-0.3, -0.25) is 0 Å². The number of fused-ring (bicyclic) bond motifs is 6. The van der Waals surface area contributed by atoms with E-state index >= 15 is 0 Å². The van der Waals surface area contributed by atoms with Gasteiger partial charge in [-0.25, -0.2) is 19.8 Å². The maximum Gasteiger partial charge on any atom is 0.194 e. The quantitative estimate of drug-likeness (QED) is 0.149. The van der Waals surface area contributed by atoms with Crippen molar-refractivity contribution in [2.75, 3.05) is 0 Å². The van der Waals surface area contributed by atoms with Gasteiger partial charge >= 0.3 is 0 Å². The molecule has 0 spiro atoms. The summed E-state index contributed by atoms with van der Waals surface area (Å²) in [5, 5.41) is 14.4. The van der Waals surface area contributed by atoms with Crippen molar-refractivity contribution in [1.29, 1.82) is 5.26 Å². The number of furan rings is 1. The molecule has 0 saturated heterocycles. The van der Waals surface area contributed by atoms with Gasteiger partial charge in [-0.05, 0) is 81.9 Å². The zero-order valence-corrected chi connectivity index (χ0v) is 35.2. The van der Waals surface area contributed by atoms with Crippen LogP contribution in [0.1, 0.15) is 5.56 Å². The molecular weight excluding hydrogens is 809 g/mol. The Morgan fingerprint density at radius 2 is 0.955 bits per heavy atom. The average molecular weight is 843 g/mol. The number of rotatable bonds is 7. The minimum Gasteiger partial charge on any atom is -0.456 e. The lowest BCUT2D eigenvalue weighted by atomic mass is 9.98. The van der Waals surface area contributed by atoms with Gasteiger partial charge in [0, 0.05) is 38.2 Å². The van der Waals surface area contributed by atoms with E-state index in [0.29, 0.717) is 28.7 Å². The third-order valence-electron chi connectivity index (χ3n) is 12.4. The molecule has 66 heavy (non-hydrogen) atoms. The highest BCUT2D eigenvalue weighted by Crippen LogP contribution is 2.43. The molecule has 0 N–H and O–H groups in total. The number of para-hydroxylation sites is 2. The zero-order valence-electron chi connectivity index (χ0n) is 35.2. The van der Waals surface area contributed by atoms with Crippen LogP contribution < -0.4 is 0 Å². The fourth-order valence-corrected chi connectivity index (χ4v) is 9.18. The van der Waals surface area contributed by atoms with Crippen molar-refractivity contribution in [3.8, 4) is 79.3 Å². The second-order valence-corrected chi connectivity index (χ2v) is 16.2. The molecule has 306 valence electrons. The highest BCUT2D eigenvalue weighted by Gasteiger charge is 2.22. The van der Waals surface area contributed by atoms with E-state index in [1.165, 1.54) is 0 Å². The number of aromatic nitrogens is 4. The van der Waals surface area contributed by atoms with Crippen molar-refractivity contribution >= 4 is 49.4 Å². The molecule has 12 aromatic rings. The van der Waals surface area contributed by atoms with E-state index in [1.807, 2.05) is 127 Å². The van der Waals surface area contributed by atoms with E-state index in [-0.39, 0.29) is 0 Å². The molecule has 9 aromatic carbocycles. The maximum atomic E-state index is 10.2. The van der Waals surface area contributed by atoms with Crippen LogP contribution in [0, 0.1) is 17.9 Å². The average Bonchev–Trinajstić information content (AvgIpc) is 3.93. The van der Waals surface area contributed by atoms with Crippen molar-refractivity contribution < 1.29 is 4.42 Å². The van der Waals surface area contributed by atoms with Crippen LogP contribution in [0.5, 0.6) is 0 Å². The highest BCUT2D eigenvalue weighted by molar-refractivity contribution is 6.12. The lowest BCUT2D eigenvalue weighted by Crippen LogP contribution is -2.04. The van der Waals surface area contributed by atoms with E-state index in [4.69, 9.17) is 25.9 Å². The van der Waals surface area contributed by atoms with Crippen LogP contribution in [-0.2, 0) is 0 Å². The first-order chi connectivity index (χ1) is 32.6. The normalized spacial score (nSPS) is 11.3. The lowest BCUT2D eigenvalue weighted by Gasteiger charge is -2.17. The van der Waals surface area contributed by atoms with Crippen LogP contribution in [-0.4, -0.2) is 19.5 Å². The highest BCUT2D eigenvalue weighted by atomic mass is 16.3. The molecule has 0 atom stereocenters. The van der Waals surface area contributed by atoms with Gasteiger partial charge < -0.3 is 8.98 Å². The Morgan fingerprint density at radius 3 is 1.65 bits per heavy atom. The first-order valence-electron chi connectivity index (χ1n) is 21.6. The Hall–Kier alpha value is -9.43. The van der Waals surface area contributed by atoms with Crippen molar-refractivity contribution in [3.63, 3.8) is 0 Å². The molecule has 0 aliphatic rings. The molecule has 12 rings (SSSR count). The van der Waals surface area contributed by atoms with Crippen molar-refractivity contribution in [3.05, 3.63) is 223 Å². The van der Waals surface area contributed by atoms with Crippen molar-refractivity contribution in [2.24, 2.45) is 0 Å². The lowest BCUT2D eigenvalue weighted by molar-refractivity contribution is 0.669. The van der Waals surface area contributed by atoms with Crippen LogP contribution in [0.25, 0.3) is 122 Å². The molecule has 0 fully saturated rings. The van der Waals surface area contributed by atoms with Crippen LogP contribution in [0.15, 0.2) is 211 Å². The number of benzene rings is 9. The van der Waals surface area contributed by atoms with Gasteiger partial charge in [0.2, 0.25) is 0 Å². The summed E-state index contributed by atoms with van der Waals surface area (Å²) in [7, 11) is 0. The van der Waals surface area contributed by atoms with Gasteiger partial charge in [-0.15, -0.1) is 0 Å². The number of hydrogen-bond acceptors (Lipinski definition) is 5. The minimum atomic E-state index is 0.500. The summed E-state index contributed by atoms with van der Waals surface area (Å²) in [6.07, 6.45) is 0. The van der Waals surface area contributed by atoms with E-state index in [9.17, 15) is 5.26 Å². The third-order valence-corrected chi connectivity index (χ3v) is 12.4. The first-order valence-corrected chi connectivity index (χ1v) is 21.6. The number of nitrogens with zero attached hydrogens (tertiary/aromatic N) is 6. The summed E-state index contributed by atoms with van der Waals surface area (Å²) in [6.45, 7) is 8.02. The monoisotopic (exact) mass is 842 g/mol. The summed E-state index contributed by atoms with van der Waals surface area (Å²) in [6, 6.07) is 71.6. The van der Waals surface area contributed by atoms with E-state index < -0.39 is 0 Å². The van der Waals surface area contributed by atoms with Crippen LogP contribution in [0.4, 0.5) is 5.69 Å². The molecule has 3 heterocycles. The SMILES string of the molecule is [C-]#[N+]c1ccccc1-c1ccc2c3ccc(-c4ccccc4C#N)cc3n(-c3ccc(-c4ccc5c(c4)oc4ccccc45)cc3-c3nc(-c4ccccc4)nc(-c4ccccc4)n3)c2c1. The van der Waals surface area contributed by atoms with E-state index in [2.05, 4.69) is 94.3 Å². The molecule has 0 radical (unpaired) electrons. The summed E-state index contributed by atoms with van der Waals surface area (Å²) >= 11 is 0. The third kappa shape index (κ3) is 6.47. The molecule has 0 aliphatic carbocycles. The summed E-state index contributed by atoms with van der Waals surface area (Å²) in [5.74, 6) is 1.60. The van der Waals surface area contributed by atoms with Gasteiger partial charge in [0.25, 0.3) is 0 Å². The van der Waals surface area contributed by atoms with Gasteiger partial charge in [0.15, 0.2) is 23.2 Å². The minimum absolute atomic E-state index is 0.500. The van der Waals surface area contributed by atoms with Crippen molar-refractivity contribution in [1.82, 2.24) is 19.5 Å². The predicted molar refractivity (Wildman–Crippen MR) is 265 cm³/mol. The van der Waals surface area contributed by atoms with Crippen molar-refractivity contribution in [2.45, 2.75) is 0 Å². The standard InChI is InChI=1S/C59H34N6O/c1-61-51-22-12-10-20-45(51)42-26-29-47-46-28-25-41(44-19-9-8-18-43(44)36-60)33-53(46)65(54(47)34-42)52-31-27-39(40-24-30-49-48-21-11-13-23-55(48)66-56(49)35-40)32-50(52)59-63-57(37-14-4-2-5-15-37)62-58(64-59)38-16-6-3-7-17-38/h2-35H. The van der Waals surface area contributed by atoms with Gasteiger partial charge in [0.05, 0.1) is 34.9 Å². The molecule has 0 amide bonds. The Balaban J connectivity index is 1.18. The summed E-state index contributed by atoms with van der Waals surface area (Å²) < 4.78 is 8.67. The Morgan fingerprint density at radius 1 is 0.424 bits per heavy atom. The van der Waals surface area contributed by atoms with Gasteiger partial charge in [-0.2, -0.15) is 5.26 Å². The molecule has 0 saturated carbocycles. The molecule has 7 nitrogen and oxygen atoms in total. The fourth-order valence-electron chi connectivity index (χ4n) is 9.18. The summed E-state index contributed by atoms with van der Waals surface area (Å²) in [5.41, 5.74) is 13.5. The molecule has 3 aromatic heterocycles. The Labute approximate surface area is 379 Å². The predicted octanol–water partition coefficient (Wildman–Crippen LogP) is 15.3. The van der Waals surface area contributed by atoms with Gasteiger partial charge in [-0.1, -0.05) is 158 Å². The smallest absolute Gasteiger partial charge is 0.194 e. The van der Waals surface area contributed by atoms with E-state index in [0.717, 1.165) is 99.5 Å². The van der Waals surface area contributed by atoms with Crippen LogP contribution in [0.3, 0.4) is 0 Å². The first kappa shape index (κ1) is 38.3. The second kappa shape index (κ2) is 15.7. The topological polar surface area (TPSA) is 84.9 Å². The molecule has 7 heteroatoms. The number of nitriles is 1. The zero-order chi connectivity index (χ0) is 44.1. The molecule has 0 aliphatic heterocycles. The summed E-state index contributed by atoms with van der Waals surface area (Å²) in [4.78, 5) is 19.5. The molecular formula is C59H34N6O. The number of hydrogen-bond donors (Lipinski definition) is 0. The van der Waals surface area contributed by atoms with Crippen LogP contribution >= 0.6 is 0 Å². The van der Waals surface area contributed by atoms with Crippen LogP contribution in [0.2, 0.25) is 0 Å².